The molecule has 2 rings (SSSR count). The van der Waals surface area contributed by atoms with E-state index in [0.717, 1.165) is 11.4 Å². The van der Waals surface area contributed by atoms with Gasteiger partial charge in [0.2, 0.25) is 11.0 Å². The number of carbonyl (C=O) groups excluding carboxylic acids is 1. The van der Waals surface area contributed by atoms with E-state index in [-0.39, 0.29) is 5.91 Å². The third-order valence-electron chi connectivity index (χ3n) is 2.67. The number of hydrogen-bond acceptors (Lipinski definition) is 5. The highest BCUT2D eigenvalue weighted by Gasteiger charge is 2.50. The molecular formula is C11H14N4OS. The van der Waals surface area contributed by atoms with Crippen molar-refractivity contribution >= 4 is 22.4 Å². The first-order valence-electron chi connectivity index (χ1n) is 5.61. The molecule has 90 valence electrons. The molecule has 1 aliphatic carbocycles. The lowest BCUT2D eigenvalue weighted by Gasteiger charge is -2.03. The summed E-state index contributed by atoms with van der Waals surface area (Å²) in [5, 5.41) is 20.9. The molecule has 0 unspecified atom stereocenters. The molecule has 5 nitrogen and oxygen atoms in total. The monoisotopic (exact) mass is 250 g/mol. The Labute approximate surface area is 104 Å². The molecule has 1 aromatic rings. The highest BCUT2D eigenvalue weighted by Crippen LogP contribution is 2.45. The van der Waals surface area contributed by atoms with Crippen LogP contribution in [-0.2, 0) is 11.2 Å². The van der Waals surface area contributed by atoms with Crippen molar-refractivity contribution in [1.29, 1.82) is 5.26 Å². The molecule has 0 aromatic carbocycles. The van der Waals surface area contributed by atoms with Crippen LogP contribution in [0.15, 0.2) is 0 Å². The van der Waals surface area contributed by atoms with Gasteiger partial charge < -0.3 is 0 Å². The predicted molar refractivity (Wildman–Crippen MR) is 64.4 cm³/mol. The summed E-state index contributed by atoms with van der Waals surface area (Å²) in [5.74, 6) is 0.271. The largest absolute Gasteiger partial charge is 0.299 e. The fourth-order valence-corrected chi connectivity index (χ4v) is 2.41. The second-order valence-corrected chi connectivity index (χ2v) is 5.81. The maximum Gasteiger partial charge on any atom is 0.246 e. The van der Waals surface area contributed by atoms with Gasteiger partial charge in [-0.1, -0.05) is 25.2 Å². The van der Waals surface area contributed by atoms with Gasteiger partial charge >= 0.3 is 0 Å². The van der Waals surface area contributed by atoms with Crippen molar-refractivity contribution < 1.29 is 4.79 Å². The fourth-order valence-electron chi connectivity index (χ4n) is 1.47. The zero-order valence-corrected chi connectivity index (χ0v) is 10.7. The van der Waals surface area contributed by atoms with Crippen LogP contribution in [0.4, 0.5) is 5.13 Å². The Balaban J connectivity index is 1.98. The average molecular weight is 250 g/mol. The Morgan fingerprint density at radius 2 is 2.29 bits per heavy atom. The number of aromatic nitrogens is 2. The van der Waals surface area contributed by atoms with Crippen LogP contribution in [0.5, 0.6) is 0 Å². The normalized spacial score (nSPS) is 16.6. The summed E-state index contributed by atoms with van der Waals surface area (Å²) in [6.45, 7) is 4.21. The van der Waals surface area contributed by atoms with E-state index >= 15 is 0 Å². The van der Waals surface area contributed by atoms with Crippen LogP contribution in [0, 0.1) is 22.7 Å². The highest BCUT2D eigenvalue weighted by molar-refractivity contribution is 7.15. The Bertz CT molecular complexity index is 470. The molecule has 0 atom stereocenters. The zero-order valence-electron chi connectivity index (χ0n) is 9.86. The van der Waals surface area contributed by atoms with Crippen LogP contribution in [-0.4, -0.2) is 16.1 Å². The van der Waals surface area contributed by atoms with E-state index in [1.165, 1.54) is 11.3 Å². The number of carbonyl (C=O) groups is 1. The minimum atomic E-state index is -0.802. The van der Waals surface area contributed by atoms with Gasteiger partial charge in [-0.25, -0.2) is 0 Å². The number of nitrogens with one attached hydrogen (secondary N) is 1. The Kier molecular flexibility index (Phi) is 3.11. The summed E-state index contributed by atoms with van der Waals surface area (Å²) in [6, 6.07) is 2.06. The number of anilines is 1. The first kappa shape index (κ1) is 12.0. The third-order valence-corrected chi connectivity index (χ3v) is 3.53. The topological polar surface area (TPSA) is 78.7 Å². The standard InChI is InChI=1S/C11H14N4OS/c1-7(2)5-8-14-15-10(17-8)13-9(16)11(6-12)3-4-11/h7H,3-5H2,1-2H3,(H,13,15,16). The van der Waals surface area contributed by atoms with Crippen LogP contribution in [0.2, 0.25) is 0 Å². The van der Waals surface area contributed by atoms with E-state index in [9.17, 15) is 4.79 Å². The SMILES string of the molecule is CC(C)Cc1nnc(NC(=O)C2(C#N)CC2)s1. The second kappa shape index (κ2) is 4.41. The molecule has 1 saturated carbocycles. The molecule has 0 spiro atoms. The van der Waals surface area contributed by atoms with Gasteiger partial charge in [0.05, 0.1) is 6.07 Å². The van der Waals surface area contributed by atoms with Crippen molar-refractivity contribution in [2.24, 2.45) is 11.3 Å². The lowest BCUT2D eigenvalue weighted by atomic mass is 10.1. The van der Waals surface area contributed by atoms with Gasteiger partial charge in [-0.2, -0.15) is 5.26 Å². The average Bonchev–Trinajstić information content (AvgIpc) is 2.96. The van der Waals surface area contributed by atoms with Crippen LogP contribution in [0.3, 0.4) is 0 Å². The summed E-state index contributed by atoms with van der Waals surface area (Å²) < 4.78 is 0. The van der Waals surface area contributed by atoms with Gasteiger partial charge in [0.25, 0.3) is 0 Å². The molecular weight excluding hydrogens is 236 g/mol. The molecule has 17 heavy (non-hydrogen) atoms. The molecule has 1 N–H and O–H groups in total. The van der Waals surface area contributed by atoms with E-state index in [2.05, 4.69) is 35.4 Å². The molecule has 1 fully saturated rings. The van der Waals surface area contributed by atoms with Crippen molar-refractivity contribution in [3.63, 3.8) is 0 Å². The van der Waals surface area contributed by atoms with Gasteiger partial charge in [-0.15, -0.1) is 10.2 Å². The molecule has 1 aliphatic rings. The molecule has 1 amide bonds. The predicted octanol–water partition coefficient (Wildman–Crippen LogP) is 1.98. The van der Waals surface area contributed by atoms with Crippen molar-refractivity contribution in [3.8, 4) is 6.07 Å². The van der Waals surface area contributed by atoms with E-state index < -0.39 is 5.41 Å². The minimum Gasteiger partial charge on any atom is -0.299 e. The molecule has 1 aromatic heterocycles. The summed E-state index contributed by atoms with van der Waals surface area (Å²) >= 11 is 1.38. The van der Waals surface area contributed by atoms with Gasteiger partial charge in [-0.3, -0.25) is 10.1 Å². The number of amides is 1. The molecule has 6 heteroatoms. The lowest BCUT2D eigenvalue weighted by molar-refractivity contribution is -0.119. The quantitative estimate of drug-likeness (QED) is 0.886. The summed E-state index contributed by atoms with van der Waals surface area (Å²) in [4.78, 5) is 11.8. The van der Waals surface area contributed by atoms with Crippen LogP contribution in [0.25, 0.3) is 0 Å². The van der Waals surface area contributed by atoms with Crippen molar-refractivity contribution in [2.45, 2.75) is 33.1 Å². The van der Waals surface area contributed by atoms with Crippen molar-refractivity contribution in [2.75, 3.05) is 5.32 Å². The maximum absolute atomic E-state index is 11.8. The summed E-state index contributed by atoms with van der Waals surface area (Å²) in [7, 11) is 0. The molecule has 0 aliphatic heterocycles. The smallest absolute Gasteiger partial charge is 0.246 e. The highest BCUT2D eigenvalue weighted by atomic mass is 32.1. The Hall–Kier alpha value is -1.48. The van der Waals surface area contributed by atoms with Crippen LogP contribution >= 0.6 is 11.3 Å². The maximum atomic E-state index is 11.8. The lowest BCUT2D eigenvalue weighted by Crippen LogP contribution is -2.22. The van der Waals surface area contributed by atoms with Gasteiger partial charge in [0.15, 0.2) is 0 Å². The first-order valence-corrected chi connectivity index (χ1v) is 6.42. The van der Waals surface area contributed by atoms with Crippen LogP contribution < -0.4 is 5.32 Å². The summed E-state index contributed by atoms with van der Waals surface area (Å²) in [6.07, 6.45) is 2.15. The van der Waals surface area contributed by atoms with Gasteiger partial charge in [0, 0.05) is 6.42 Å². The zero-order chi connectivity index (χ0) is 12.5. The van der Waals surface area contributed by atoms with E-state index in [0.29, 0.717) is 23.9 Å². The molecule has 0 bridgehead atoms. The Morgan fingerprint density at radius 3 is 2.82 bits per heavy atom. The Morgan fingerprint density at radius 1 is 1.59 bits per heavy atom. The molecule has 0 radical (unpaired) electrons. The summed E-state index contributed by atoms with van der Waals surface area (Å²) in [5.41, 5.74) is -0.802. The van der Waals surface area contributed by atoms with E-state index in [1.54, 1.807) is 0 Å². The van der Waals surface area contributed by atoms with Gasteiger partial charge in [-0.05, 0) is 18.8 Å². The van der Waals surface area contributed by atoms with E-state index in [4.69, 9.17) is 5.26 Å². The fraction of sp³-hybridized carbons (Fsp3) is 0.636. The first-order chi connectivity index (χ1) is 8.05. The van der Waals surface area contributed by atoms with Crippen molar-refractivity contribution in [1.82, 2.24) is 10.2 Å². The number of nitriles is 1. The van der Waals surface area contributed by atoms with E-state index in [1.807, 2.05) is 0 Å². The molecule has 0 saturated heterocycles. The number of nitrogens with zero attached hydrogens (tertiary/aromatic N) is 3. The second-order valence-electron chi connectivity index (χ2n) is 4.75. The van der Waals surface area contributed by atoms with Gasteiger partial charge in [0.1, 0.15) is 10.4 Å². The number of rotatable bonds is 4. The number of hydrogen-bond donors (Lipinski definition) is 1. The minimum absolute atomic E-state index is 0.243. The molecule has 1 heterocycles. The van der Waals surface area contributed by atoms with Crippen LogP contribution in [0.1, 0.15) is 31.7 Å². The third kappa shape index (κ3) is 2.61. The van der Waals surface area contributed by atoms with Crippen molar-refractivity contribution in [3.05, 3.63) is 5.01 Å².